The van der Waals surface area contributed by atoms with Crippen LogP contribution in [-0.4, -0.2) is 21.0 Å². The Kier molecular flexibility index (Phi) is 3.79. The van der Waals surface area contributed by atoms with Gasteiger partial charge in [0, 0.05) is 29.2 Å². The summed E-state index contributed by atoms with van der Waals surface area (Å²) < 4.78 is 0. The summed E-state index contributed by atoms with van der Waals surface area (Å²) in [5, 5.41) is 4.46. The number of rotatable bonds is 2. The zero-order chi connectivity index (χ0) is 15.8. The first-order valence-electron chi connectivity index (χ1n) is 8.00. The van der Waals surface area contributed by atoms with Gasteiger partial charge < -0.3 is 10.3 Å². The lowest BCUT2D eigenvalue weighted by atomic mass is 9.85. The van der Waals surface area contributed by atoms with Crippen molar-refractivity contribution in [1.29, 1.82) is 0 Å². The average Bonchev–Trinajstić information content (AvgIpc) is 3.02. The number of piperidine rings is 1. The van der Waals surface area contributed by atoms with Crippen molar-refractivity contribution in [3.63, 3.8) is 0 Å². The van der Waals surface area contributed by atoms with Gasteiger partial charge in [-0.1, -0.05) is 23.7 Å². The smallest absolute Gasteiger partial charge is 0.109 e. The fraction of sp³-hybridized carbons (Fsp3) is 0.333. The quantitative estimate of drug-likeness (QED) is 0.743. The van der Waals surface area contributed by atoms with Crippen LogP contribution in [0.3, 0.4) is 0 Å². The van der Waals surface area contributed by atoms with Crippen LogP contribution in [0.1, 0.15) is 43.1 Å². The molecule has 0 aromatic heterocycles. The molecule has 0 amide bonds. The molecule has 23 heavy (non-hydrogen) atoms. The molecular formula is C18H19ClN4. The van der Waals surface area contributed by atoms with E-state index in [-0.39, 0.29) is 0 Å². The van der Waals surface area contributed by atoms with E-state index in [4.69, 9.17) is 11.6 Å². The van der Waals surface area contributed by atoms with E-state index in [0.29, 0.717) is 18.0 Å². The second-order valence-corrected chi connectivity index (χ2v) is 6.79. The molecule has 3 unspecified atom stereocenters. The molecule has 1 fully saturated rings. The van der Waals surface area contributed by atoms with Crippen molar-refractivity contribution in [3.8, 4) is 11.4 Å². The summed E-state index contributed by atoms with van der Waals surface area (Å²) in [5.74, 6) is 1.44. The minimum atomic E-state index is 0.297. The van der Waals surface area contributed by atoms with Crippen LogP contribution in [0.25, 0.3) is 11.4 Å². The van der Waals surface area contributed by atoms with Gasteiger partial charge in [0.15, 0.2) is 0 Å². The van der Waals surface area contributed by atoms with Gasteiger partial charge in [0.25, 0.3) is 0 Å². The molecule has 3 aliphatic heterocycles. The first kappa shape index (κ1) is 14.7. The Morgan fingerprint density at radius 1 is 1.17 bits per heavy atom. The summed E-state index contributed by atoms with van der Waals surface area (Å²) in [5.41, 5.74) is 3.22. The first-order chi connectivity index (χ1) is 11.2. The van der Waals surface area contributed by atoms with Crippen LogP contribution in [0.2, 0.25) is 5.02 Å². The largest absolute Gasteiger partial charge is 0.342 e. The fourth-order valence-corrected chi connectivity index (χ4v) is 3.73. The third-order valence-corrected chi connectivity index (χ3v) is 4.84. The Morgan fingerprint density at radius 3 is 2.96 bits per heavy atom. The van der Waals surface area contributed by atoms with Crippen molar-refractivity contribution < 1.29 is 0 Å². The molecule has 0 aliphatic carbocycles. The predicted octanol–water partition coefficient (Wildman–Crippen LogP) is 4.16. The van der Waals surface area contributed by atoms with E-state index in [9.17, 15) is 0 Å². The lowest BCUT2D eigenvalue weighted by molar-refractivity contribution is 0.299. The van der Waals surface area contributed by atoms with Gasteiger partial charge >= 0.3 is 0 Å². The number of H-pyrrole nitrogens is 1. The molecule has 118 valence electrons. The third-order valence-electron chi connectivity index (χ3n) is 4.60. The van der Waals surface area contributed by atoms with Gasteiger partial charge in [-0.3, -0.25) is 4.98 Å². The van der Waals surface area contributed by atoms with Crippen molar-refractivity contribution >= 4 is 11.6 Å². The normalized spacial score (nSPS) is 24.9. The number of hydrogen-bond acceptors (Lipinski definition) is 3. The average molecular weight is 327 g/mol. The van der Waals surface area contributed by atoms with Gasteiger partial charge in [0.1, 0.15) is 11.5 Å². The van der Waals surface area contributed by atoms with E-state index in [1.807, 2.05) is 30.6 Å². The van der Waals surface area contributed by atoms with E-state index >= 15 is 0 Å². The number of halogens is 1. The number of aromatic amines is 1. The molecule has 3 atom stereocenters. The molecule has 0 bridgehead atoms. The summed E-state index contributed by atoms with van der Waals surface area (Å²) in [6.07, 6.45) is 5.75. The van der Waals surface area contributed by atoms with Crippen LogP contribution < -0.4 is 5.32 Å². The molecule has 1 aromatic carbocycles. The Morgan fingerprint density at radius 2 is 2.09 bits per heavy atom. The van der Waals surface area contributed by atoms with Gasteiger partial charge in [-0.2, -0.15) is 0 Å². The number of benzene rings is 1. The Bertz CT molecular complexity index is 784. The molecule has 1 saturated heterocycles. The predicted molar refractivity (Wildman–Crippen MR) is 91.8 cm³/mol. The molecular weight excluding hydrogens is 308 g/mol. The van der Waals surface area contributed by atoms with Crippen molar-refractivity contribution in [2.45, 2.75) is 37.8 Å². The van der Waals surface area contributed by atoms with Crippen LogP contribution in [0.4, 0.5) is 0 Å². The molecule has 1 aromatic rings. The SMILES string of the molecule is CC1CC(c2ncc3nccc-3[nH]2)CC(c2cccc(Cl)c2)N1. The highest BCUT2D eigenvalue weighted by Gasteiger charge is 2.29. The van der Waals surface area contributed by atoms with Crippen molar-refractivity contribution in [2.24, 2.45) is 0 Å². The molecule has 4 nitrogen and oxygen atoms in total. The van der Waals surface area contributed by atoms with E-state index in [0.717, 1.165) is 35.1 Å². The van der Waals surface area contributed by atoms with Gasteiger partial charge in [-0.25, -0.2) is 4.98 Å². The van der Waals surface area contributed by atoms with E-state index in [2.05, 4.69) is 39.3 Å². The Hall–Kier alpha value is -1.91. The molecule has 0 spiro atoms. The second kappa shape index (κ2) is 5.95. The maximum absolute atomic E-state index is 6.15. The Labute approximate surface area is 140 Å². The summed E-state index contributed by atoms with van der Waals surface area (Å²) in [7, 11) is 0. The van der Waals surface area contributed by atoms with Crippen molar-refractivity contribution in [2.75, 3.05) is 0 Å². The molecule has 2 N–H and O–H groups in total. The van der Waals surface area contributed by atoms with Gasteiger partial charge in [-0.05, 0) is 43.5 Å². The molecule has 4 rings (SSSR count). The maximum atomic E-state index is 6.15. The highest BCUT2D eigenvalue weighted by molar-refractivity contribution is 6.30. The maximum Gasteiger partial charge on any atom is 0.109 e. The van der Waals surface area contributed by atoms with Gasteiger partial charge in [0.05, 0.1) is 11.9 Å². The molecule has 3 aliphatic rings. The fourth-order valence-electron chi connectivity index (χ4n) is 3.53. The van der Waals surface area contributed by atoms with E-state index < -0.39 is 0 Å². The summed E-state index contributed by atoms with van der Waals surface area (Å²) in [6, 6.07) is 10.8. The number of hydrogen-bond donors (Lipinski definition) is 2. The lowest BCUT2D eigenvalue weighted by Gasteiger charge is -2.34. The minimum Gasteiger partial charge on any atom is -0.342 e. The van der Waals surface area contributed by atoms with Crippen molar-refractivity contribution in [3.05, 3.63) is 59.1 Å². The third kappa shape index (κ3) is 2.96. The minimum absolute atomic E-state index is 0.297. The Balaban J connectivity index is 1.63. The number of aromatic nitrogens is 3. The van der Waals surface area contributed by atoms with Crippen LogP contribution >= 0.6 is 11.6 Å². The summed E-state index contributed by atoms with van der Waals surface area (Å²) >= 11 is 6.15. The van der Waals surface area contributed by atoms with E-state index in [1.54, 1.807) is 0 Å². The van der Waals surface area contributed by atoms with Gasteiger partial charge in [0.2, 0.25) is 0 Å². The van der Waals surface area contributed by atoms with Gasteiger partial charge in [-0.15, -0.1) is 0 Å². The molecule has 3 heterocycles. The van der Waals surface area contributed by atoms with Crippen molar-refractivity contribution in [1.82, 2.24) is 20.3 Å². The highest BCUT2D eigenvalue weighted by Crippen LogP contribution is 2.36. The van der Waals surface area contributed by atoms with E-state index in [1.165, 1.54) is 5.56 Å². The van der Waals surface area contributed by atoms with Crippen LogP contribution in [-0.2, 0) is 0 Å². The molecule has 0 saturated carbocycles. The number of nitrogens with zero attached hydrogens (tertiary/aromatic N) is 2. The monoisotopic (exact) mass is 326 g/mol. The summed E-state index contributed by atoms with van der Waals surface area (Å²) in [4.78, 5) is 12.3. The topological polar surface area (TPSA) is 53.6 Å². The molecule has 0 radical (unpaired) electrons. The second-order valence-electron chi connectivity index (χ2n) is 6.36. The first-order valence-corrected chi connectivity index (χ1v) is 8.38. The number of nitrogens with one attached hydrogen (secondary N) is 2. The number of fused-ring (bicyclic) bond motifs is 1. The van der Waals surface area contributed by atoms with Crippen LogP contribution in [0.15, 0.2) is 42.7 Å². The molecule has 5 heteroatoms. The van der Waals surface area contributed by atoms with Crippen LogP contribution in [0.5, 0.6) is 0 Å². The zero-order valence-electron chi connectivity index (χ0n) is 13.0. The standard InChI is InChI=1S/C18H19ClN4/c1-11-7-13(18-21-10-17-15(23-18)5-6-20-17)9-16(22-11)12-3-2-4-14(19)8-12/h2-6,8,10-11,13,16,22H,7,9H2,1H3,(H,21,23). The highest BCUT2D eigenvalue weighted by atomic mass is 35.5. The van der Waals surface area contributed by atoms with Crippen LogP contribution in [0, 0.1) is 0 Å². The zero-order valence-corrected chi connectivity index (χ0v) is 13.7. The lowest BCUT2D eigenvalue weighted by Crippen LogP contribution is -2.38. The summed E-state index contributed by atoms with van der Waals surface area (Å²) in [6.45, 7) is 2.23.